The average Bonchev–Trinajstić information content (AvgIpc) is 2.56. The minimum atomic E-state index is -3.38. The van der Waals surface area contributed by atoms with Crippen molar-refractivity contribution in [3.8, 4) is 0 Å². The third-order valence-electron chi connectivity index (χ3n) is 3.11. The second-order valence-corrected chi connectivity index (χ2v) is 24.8. The van der Waals surface area contributed by atoms with Crippen molar-refractivity contribution in [1.29, 1.82) is 0 Å². The summed E-state index contributed by atoms with van der Waals surface area (Å²) in [6, 6.07) is 0. The van der Waals surface area contributed by atoms with E-state index in [9.17, 15) is 0 Å². The Kier molecular flexibility index (Phi) is 8.13. The molecule has 5 rings (SSSR count). The molecule has 12 nitrogen and oxygen atoms in total. The number of halogens is 6. The van der Waals surface area contributed by atoms with Gasteiger partial charge in [-0.1, -0.05) is 0 Å². The zero-order valence-electron chi connectivity index (χ0n) is 14.3. The molecule has 5 aliphatic heterocycles. The third kappa shape index (κ3) is 6.35. The zero-order valence-corrected chi connectivity index (χ0v) is 24.2. The van der Waals surface area contributed by atoms with E-state index in [1.807, 2.05) is 0 Å². The van der Waals surface area contributed by atoms with Gasteiger partial charge in [-0.2, -0.15) is 27.1 Å². The summed E-state index contributed by atoms with van der Waals surface area (Å²) in [5.74, 6) is 0. The van der Waals surface area contributed by atoms with Crippen LogP contribution in [0.3, 0.4) is 0 Å². The minimum Gasteiger partial charge on any atom is -0.313 e. The fraction of sp³-hybridized carbons (Fsp3) is 1.00. The van der Waals surface area contributed by atoms with Crippen LogP contribution >= 0.6 is 108 Å². The lowest BCUT2D eigenvalue weighted by Crippen LogP contribution is -2.05. The molecule has 0 amide bonds. The summed E-state index contributed by atoms with van der Waals surface area (Å²) in [7, 11) is 0. The Labute approximate surface area is 201 Å². The van der Waals surface area contributed by atoms with Crippen molar-refractivity contribution in [1.82, 2.24) is 0 Å². The lowest BCUT2D eigenvalue weighted by atomic mass is 10.8. The van der Waals surface area contributed by atoms with Gasteiger partial charge in [0.25, 0.3) is 0 Å². The summed E-state index contributed by atoms with van der Waals surface area (Å²) in [6.07, 6.45) is 0. The first-order valence-corrected chi connectivity index (χ1v) is 22.8. The molecule has 0 N–H and O–H groups in total. The van der Waals surface area contributed by atoms with Gasteiger partial charge in [-0.3, -0.25) is 0 Å². The summed E-state index contributed by atoms with van der Waals surface area (Å²) in [4.78, 5) is 0. The van der Waals surface area contributed by atoms with E-state index in [-0.39, 0.29) is 39.6 Å². The maximum Gasteiger partial charge on any atom is 0.301 e. The summed E-state index contributed by atoms with van der Waals surface area (Å²) in [5.41, 5.74) is 0. The van der Waals surface area contributed by atoms with E-state index in [0.717, 1.165) is 0 Å². The Morgan fingerprint density at radius 1 is 0.333 bits per heavy atom. The van der Waals surface area contributed by atoms with Crippen LogP contribution in [0, 0.1) is 0 Å². The molecule has 174 valence electrons. The summed E-state index contributed by atoms with van der Waals surface area (Å²) >= 11 is 39.1. The van der Waals surface area contributed by atoms with Crippen LogP contribution in [0.5, 0.6) is 0 Å². The molecular weight excluding hydrogens is 651 g/mol. The Morgan fingerprint density at radius 3 is 0.600 bits per heavy atom. The fourth-order valence-corrected chi connectivity index (χ4v) is 28.8. The summed E-state index contributed by atoms with van der Waals surface area (Å²) < 4.78 is 59.3. The van der Waals surface area contributed by atoms with Crippen LogP contribution in [0.25, 0.3) is 0 Å². The second kappa shape index (κ2) is 9.40. The number of hydrogen-bond acceptors (Lipinski definition) is 12. The molecule has 0 aromatic carbocycles. The van der Waals surface area contributed by atoms with Crippen molar-refractivity contribution in [2.75, 3.05) is 39.6 Å². The number of fused-ring (bicyclic) bond motifs is 9. The van der Waals surface area contributed by atoms with E-state index >= 15 is 0 Å². The Hall–Kier alpha value is 2.88. The van der Waals surface area contributed by atoms with Crippen LogP contribution in [0.4, 0.5) is 0 Å². The first-order chi connectivity index (χ1) is 13.9. The largest absolute Gasteiger partial charge is 0.313 e. The highest BCUT2D eigenvalue weighted by Gasteiger charge is 2.40. The molecule has 0 aliphatic carbocycles. The molecule has 5 heterocycles. The molecule has 5 aliphatic rings. The van der Waals surface area contributed by atoms with E-state index in [1.54, 1.807) is 0 Å². The number of rotatable bonds is 0. The molecule has 0 radical (unpaired) electrons. The number of hydrogen-bond donors (Lipinski definition) is 0. The average molecular weight is 663 g/mol. The highest BCUT2D eigenvalue weighted by molar-refractivity contribution is 8.06. The van der Waals surface area contributed by atoms with E-state index < -0.39 is 40.7 Å². The summed E-state index contributed by atoms with van der Waals surface area (Å²) in [6.45, 7) is -20.9. The molecule has 0 fully saturated rings. The minimum absolute atomic E-state index is 0.0993. The maximum atomic E-state index is 6.51. The predicted octanol–water partition coefficient (Wildman–Crippen LogP) is 10.3. The second-order valence-electron chi connectivity index (χ2n) is 5.37. The standard InChI is InChI=1S/C6H12Cl6N6O6P6/c7-25-13-27(9)17-28(10,14-25)22-4-6-24-30(12)16-26(8,20-2-1-19-25)15-29(11,18-30)23-5-3-21-27/h1-6H2. The van der Waals surface area contributed by atoms with Gasteiger partial charge in [-0.05, 0) is 67.4 Å². The van der Waals surface area contributed by atoms with E-state index in [0.29, 0.717) is 0 Å². The lowest BCUT2D eigenvalue weighted by molar-refractivity contribution is 0.234. The first kappa shape index (κ1) is 26.0. The van der Waals surface area contributed by atoms with Gasteiger partial charge in [-0.25, -0.2) is 0 Å². The molecule has 0 aromatic heterocycles. The maximum absolute atomic E-state index is 6.51. The first-order valence-electron chi connectivity index (χ1n) is 7.74. The van der Waals surface area contributed by atoms with Gasteiger partial charge in [0.2, 0.25) is 0 Å². The smallest absolute Gasteiger partial charge is 0.301 e. The predicted molar refractivity (Wildman–Crippen MR) is 127 cm³/mol. The molecule has 24 heteroatoms. The van der Waals surface area contributed by atoms with Crippen LogP contribution in [-0.4, -0.2) is 39.6 Å². The van der Waals surface area contributed by atoms with Crippen LogP contribution in [-0.2, 0) is 27.1 Å². The molecule has 0 unspecified atom stereocenters. The van der Waals surface area contributed by atoms with Crippen LogP contribution < -0.4 is 0 Å². The van der Waals surface area contributed by atoms with Crippen LogP contribution in [0.2, 0.25) is 0 Å². The van der Waals surface area contributed by atoms with Gasteiger partial charge in [0, 0.05) is 0 Å². The molecule has 6 bridgehead atoms. The highest BCUT2D eigenvalue weighted by atomic mass is 35.7. The summed E-state index contributed by atoms with van der Waals surface area (Å²) in [5, 5.41) is 0. The highest BCUT2D eigenvalue weighted by Crippen LogP contribution is 2.86. The molecule has 0 aromatic rings. The molecule has 0 spiro atoms. The van der Waals surface area contributed by atoms with Gasteiger partial charge in [0.1, 0.15) is 0 Å². The van der Waals surface area contributed by atoms with Crippen molar-refractivity contribution < 1.29 is 27.1 Å². The Bertz CT molecular complexity index is 845. The van der Waals surface area contributed by atoms with Gasteiger partial charge in [0.15, 0.2) is 0 Å². The fourth-order valence-electron chi connectivity index (χ4n) is 2.15. The van der Waals surface area contributed by atoms with Gasteiger partial charge >= 0.3 is 40.7 Å². The van der Waals surface area contributed by atoms with Crippen molar-refractivity contribution in [2.45, 2.75) is 0 Å². The molecule has 0 saturated carbocycles. The van der Waals surface area contributed by atoms with Crippen molar-refractivity contribution in [3.05, 3.63) is 0 Å². The van der Waals surface area contributed by atoms with E-state index in [1.165, 1.54) is 0 Å². The molecule has 0 saturated heterocycles. The zero-order chi connectivity index (χ0) is 21.7. The quantitative estimate of drug-likeness (QED) is 0.237. The SMILES string of the molecule is ClP12=NP3(Cl)=NP(Cl)(=N1)OCCOP1(Cl)=NP(Cl)(=NP(Cl)(=N1)OCCO3)OCCO2. The molecule has 30 heavy (non-hydrogen) atoms. The Balaban J connectivity index is 1.86. The van der Waals surface area contributed by atoms with Gasteiger partial charge in [0.05, 0.1) is 39.6 Å². The topological polar surface area (TPSA) is 130 Å². The van der Waals surface area contributed by atoms with Crippen molar-refractivity contribution in [3.63, 3.8) is 0 Å². The van der Waals surface area contributed by atoms with E-state index in [2.05, 4.69) is 27.1 Å². The normalized spacial score (nSPS) is 51.8. The monoisotopic (exact) mass is 660 g/mol. The third-order valence-corrected chi connectivity index (χ3v) is 25.8. The number of nitrogens with zero attached hydrogens (tertiary/aromatic N) is 6. The van der Waals surface area contributed by atoms with Crippen molar-refractivity contribution >= 4 is 108 Å². The van der Waals surface area contributed by atoms with Gasteiger partial charge in [-0.15, -0.1) is 0 Å². The van der Waals surface area contributed by atoms with Crippen LogP contribution in [0.15, 0.2) is 27.1 Å². The van der Waals surface area contributed by atoms with E-state index in [4.69, 9.17) is 94.6 Å². The molecular formula is C6H12Cl6N6O6P6. The van der Waals surface area contributed by atoms with Gasteiger partial charge < -0.3 is 27.1 Å². The lowest BCUT2D eigenvalue weighted by Gasteiger charge is -2.30. The molecule has 0 atom stereocenters. The van der Waals surface area contributed by atoms with Crippen LogP contribution in [0.1, 0.15) is 0 Å². The Morgan fingerprint density at radius 2 is 0.467 bits per heavy atom. The van der Waals surface area contributed by atoms with Crippen molar-refractivity contribution in [2.24, 2.45) is 27.1 Å².